The second-order valence-electron chi connectivity index (χ2n) is 4.09. The molecule has 19 heavy (non-hydrogen) atoms. The minimum Gasteiger partial charge on any atom is -0.494 e. The van der Waals surface area contributed by atoms with Gasteiger partial charge in [-0.05, 0) is 42.8 Å². The summed E-state index contributed by atoms with van der Waals surface area (Å²) >= 11 is 11.9. The summed E-state index contributed by atoms with van der Waals surface area (Å²) in [6.07, 6.45) is 0. The zero-order valence-electron chi connectivity index (χ0n) is 10.6. The van der Waals surface area contributed by atoms with E-state index >= 15 is 0 Å². The molecule has 2 aromatic rings. The molecule has 0 saturated heterocycles. The van der Waals surface area contributed by atoms with Crippen LogP contribution in [-0.2, 0) is 6.54 Å². The highest BCUT2D eigenvalue weighted by atomic mass is 35.5. The molecule has 0 atom stereocenters. The van der Waals surface area contributed by atoms with E-state index in [4.69, 9.17) is 27.9 Å². The van der Waals surface area contributed by atoms with Gasteiger partial charge in [0.1, 0.15) is 5.75 Å². The molecule has 1 N–H and O–H groups in total. The van der Waals surface area contributed by atoms with Crippen molar-refractivity contribution in [2.45, 2.75) is 13.5 Å². The lowest BCUT2D eigenvalue weighted by molar-refractivity contribution is 0.340. The molecule has 0 spiro atoms. The van der Waals surface area contributed by atoms with Crippen LogP contribution in [0.3, 0.4) is 0 Å². The highest BCUT2D eigenvalue weighted by Crippen LogP contribution is 2.23. The van der Waals surface area contributed by atoms with Crippen molar-refractivity contribution in [1.82, 2.24) is 0 Å². The van der Waals surface area contributed by atoms with Crippen LogP contribution in [0.4, 0.5) is 5.69 Å². The Labute approximate surface area is 123 Å². The summed E-state index contributed by atoms with van der Waals surface area (Å²) in [5.74, 6) is 0.886. The number of hydrogen-bond donors (Lipinski definition) is 1. The highest BCUT2D eigenvalue weighted by molar-refractivity contribution is 6.35. The van der Waals surface area contributed by atoms with Gasteiger partial charge in [0.15, 0.2) is 0 Å². The van der Waals surface area contributed by atoms with Crippen LogP contribution in [0, 0.1) is 0 Å². The van der Waals surface area contributed by atoms with Crippen LogP contribution in [-0.4, -0.2) is 6.61 Å². The predicted molar refractivity (Wildman–Crippen MR) is 81.4 cm³/mol. The fourth-order valence-electron chi connectivity index (χ4n) is 1.73. The van der Waals surface area contributed by atoms with Crippen molar-refractivity contribution in [3.63, 3.8) is 0 Å². The fraction of sp³-hybridized carbons (Fsp3) is 0.200. The van der Waals surface area contributed by atoms with E-state index in [2.05, 4.69) is 5.32 Å². The van der Waals surface area contributed by atoms with Gasteiger partial charge in [-0.15, -0.1) is 0 Å². The number of ether oxygens (including phenoxy) is 1. The Kier molecular flexibility index (Phi) is 4.94. The van der Waals surface area contributed by atoms with Gasteiger partial charge in [-0.25, -0.2) is 0 Å². The minimum atomic E-state index is 0.627. The third-order valence-corrected chi connectivity index (χ3v) is 3.03. The molecule has 0 saturated carbocycles. The van der Waals surface area contributed by atoms with E-state index in [-0.39, 0.29) is 0 Å². The molecule has 2 rings (SSSR count). The first-order valence-corrected chi connectivity index (χ1v) is 6.84. The molecule has 0 aliphatic carbocycles. The summed E-state index contributed by atoms with van der Waals surface area (Å²) < 4.78 is 5.40. The van der Waals surface area contributed by atoms with E-state index in [1.54, 1.807) is 6.07 Å². The van der Waals surface area contributed by atoms with Gasteiger partial charge in [0.2, 0.25) is 0 Å². The molecule has 0 aliphatic rings. The molecule has 4 heteroatoms. The second-order valence-corrected chi connectivity index (χ2v) is 4.96. The first-order valence-electron chi connectivity index (χ1n) is 6.09. The van der Waals surface area contributed by atoms with E-state index in [1.165, 1.54) is 5.56 Å². The Morgan fingerprint density at radius 1 is 1.00 bits per heavy atom. The summed E-state index contributed by atoms with van der Waals surface area (Å²) in [5, 5.41) is 4.54. The van der Waals surface area contributed by atoms with Gasteiger partial charge in [-0.2, -0.15) is 0 Å². The molecule has 0 amide bonds. The van der Waals surface area contributed by atoms with Crippen molar-refractivity contribution in [2.24, 2.45) is 0 Å². The van der Waals surface area contributed by atoms with Gasteiger partial charge in [0, 0.05) is 22.3 Å². The molecule has 0 aromatic heterocycles. The van der Waals surface area contributed by atoms with E-state index in [1.807, 2.05) is 43.3 Å². The van der Waals surface area contributed by atoms with Crippen molar-refractivity contribution in [2.75, 3.05) is 11.9 Å². The molecule has 100 valence electrons. The molecule has 0 fully saturated rings. The summed E-state index contributed by atoms with van der Waals surface area (Å²) in [5.41, 5.74) is 2.07. The normalized spacial score (nSPS) is 10.3. The van der Waals surface area contributed by atoms with Gasteiger partial charge in [-0.1, -0.05) is 35.3 Å². The van der Waals surface area contributed by atoms with E-state index in [0.717, 1.165) is 11.4 Å². The van der Waals surface area contributed by atoms with Gasteiger partial charge in [0.25, 0.3) is 0 Å². The van der Waals surface area contributed by atoms with Gasteiger partial charge in [0.05, 0.1) is 6.61 Å². The smallest absolute Gasteiger partial charge is 0.119 e. The SMILES string of the molecule is CCOc1ccc(CNc2cc(Cl)cc(Cl)c2)cc1. The van der Waals surface area contributed by atoms with Gasteiger partial charge < -0.3 is 10.1 Å². The lowest BCUT2D eigenvalue weighted by Crippen LogP contribution is -1.99. The predicted octanol–water partition coefficient (Wildman–Crippen LogP) is 5.00. The lowest BCUT2D eigenvalue weighted by Gasteiger charge is -2.08. The topological polar surface area (TPSA) is 21.3 Å². The Morgan fingerprint density at radius 3 is 2.21 bits per heavy atom. The molecule has 2 aromatic carbocycles. The van der Waals surface area contributed by atoms with Crippen LogP contribution in [0.1, 0.15) is 12.5 Å². The maximum Gasteiger partial charge on any atom is 0.119 e. The summed E-state index contributed by atoms with van der Waals surface area (Å²) in [4.78, 5) is 0. The summed E-state index contributed by atoms with van der Waals surface area (Å²) in [7, 11) is 0. The van der Waals surface area contributed by atoms with Crippen molar-refractivity contribution >= 4 is 28.9 Å². The fourth-order valence-corrected chi connectivity index (χ4v) is 2.26. The van der Waals surface area contributed by atoms with Crippen LogP contribution in [0.25, 0.3) is 0 Å². The number of halogens is 2. The quantitative estimate of drug-likeness (QED) is 0.838. The highest BCUT2D eigenvalue weighted by Gasteiger charge is 1.99. The van der Waals surface area contributed by atoms with Gasteiger partial charge >= 0.3 is 0 Å². The van der Waals surface area contributed by atoms with Crippen LogP contribution in [0.5, 0.6) is 5.75 Å². The zero-order chi connectivity index (χ0) is 13.7. The monoisotopic (exact) mass is 295 g/mol. The number of nitrogens with one attached hydrogen (secondary N) is 1. The largest absolute Gasteiger partial charge is 0.494 e. The number of anilines is 1. The molecule has 2 nitrogen and oxygen atoms in total. The molecular weight excluding hydrogens is 281 g/mol. The Hall–Kier alpha value is -1.38. The summed E-state index contributed by atoms with van der Waals surface area (Å²) in [6.45, 7) is 3.36. The van der Waals surface area contributed by atoms with Crippen molar-refractivity contribution in [3.05, 3.63) is 58.1 Å². The maximum absolute atomic E-state index is 5.95. The Bertz CT molecular complexity index is 520. The Morgan fingerprint density at radius 2 is 1.63 bits per heavy atom. The van der Waals surface area contributed by atoms with Crippen LogP contribution < -0.4 is 10.1 Å². The van der Waals surface area contributed by atoms with E-state index in [0.29, 0.717) is 23.2 Å². The van der Waals surface area contributed by atoms with Crippen molar-refractivity contribution in [1.29, 1.82) is 0 Å². The molecule has 0 aliphatic heterocycles. The number of hydrogen-bond acceptors (Lipinski definition) is 2. The second kappa shape index (κ2) is 6.69. The molecular formula is C15H15Cl2NO. The molecule has 0 unspecified atom stereocenters. The van der Waals surface area contributed by atoms with Crippen LogP contribution in [0.15, 0.2) is 42.5 Å². The van der Waals surface area contributed by atoms with E-state index < -0.39 is 0 Å². The lowest BCUT2D eigenvalue weighted by atomic mass is 10.2. The third-order valence-electron chi connectivity index (χ3n) is 2.59. The Balaban J connectivity index is 1.98. The number of benzene rings is 2. The first kappa shape index (κ1) is 14.0. The van der Waals surface area contributed by atoms with Crippen molar-refractivity contribution < 1.29 is 4.74 Å². The maximum atomic E-state index is 5.95. The van der Waals surface area contributed by atoms with Crippen LogP contribution >= 0.6 is 23.2 Å². The molecule has 0 radical (unpaired) electrons. The molecule has 0 heterocycles. The first-order chi connectivity index (χ1) is 9.17. The molecule has 0 bridgehead atoms. The van der Waals surface area contributed by atoms with Gasteiger partial charge in [-0.3, -0.25) is 0 Å². The average Bonchev–Trinajstić information content (AvgIpc) is 2.37. The minimum absolute atomic E-state index is 0.627. The van der Waals surface area contributed by atoms with E-state index in [9.17, 15) is 0 Å². The average molecular weight is 296 g/mol. The number of rotatable bonds is 5. The standard InChI is InChI=1S/C15H15Cl2NO/c1-2-19-15-5-3-11(4-6-15)10-18-14-8-12(16)7-13(17)9-14/h3-9,18H,2,10H2,1H3. The zero-order valence-corrected chi connectivity index (χ0v) is 12.1. The summed E-state index contributed by atoms with van der Waals surface area (Å²) in [6, 6.07) is 13.4. The third kappa shape index (κ3) is 4.34. The van der Waals surface area contributed by atoms with Crippen LogP contribution in [0.2, 0.25) is 10.0 Å². The van der Waals surface area contributed by atoms with Crippen molar-refractivity contribution in [3.8, 4) is 5.75 Å².